The van der Waals surface area contributed by atoms with Gasteiger partial charge in [-0.05, 0) is 134 Å². The highest BCUT2D eigenvalue weighted by atomic mass is 15.0. The minimum atomic E-state index is 0.265. The van der Waals surface area contributed by atoms with Crippen molar-refractivity contribution < 1.29 is 0 Å². The second-order valence-electron chi connectivity index (χ2n) is 14.9. The molecule has 4 unspecified atom stereocenters. The van der Waals surface area contributed by atoms with Crippen molar-refractivity contribution in [3.05, 3.63) is 151 Å². The van der Waals surface area contributed by atoms with Gasteiger partial charge in [0.2, 0.25) is 0 Å². The molecule has 222 valence electrons. The number of aromatic nitrogens is 1. The first-order valence-corrected chi connectivity index (χ1v) is 17.5. The molecule has 4 bridgehead atoms. The molecule has 1 nitrogen and oxygen atoms in total. The number of hydrogen-bond donors (Lipinski definition) is 0. The molecule has 1 heterocycles. The third-order valence-electron chi connectivity index (χ3n) is 13.1. The number of rotatable bonds is 2. The molecular weight excluding hydrogens is 567 g/mol. The highest BCUT2D eigenvalue weighted by Gasteiger charge is 2.70. The van der Waals surface area contributed by atoms with Crippen molar-refractivity contribution >= 4 is 43.4 Å². The monoisotopic (exact) mass is 599 g/mol. The van der Waals surface area contributed by atoms with Crippen molar-refractivity contribution in [3.8, 4) is 27.9 Å². The Balaban J connectivity index is 1.03. The van der Waals surface area contributed by atoms with Crippen molar-refractivity contribution in [1.29, 1.82) is 0 Å². The Hall–Kier alpha value is -5.14. The average molecular weight is 600 g/mol. The quantitative estimate of drug-likeness (QED) is 0.174. The molecule has 0 saturated heterocycles. The maximum absolute atomic E-state index is 2.53. The lowest BCUT2D eigenvalue weighted by molar-refractivity contribution is 0.307. The van der Waals surface area contributed by atoms with Crippen LogP contribution in [0.4, 0.5) is 0 Å². The molecule has 7 aromatic carbocycles. The molecule has 1 aromatic heterocycles. The molecule has 5 aliphatic rings. The van der Waals surface area contributed by atoms with Crippen molar-refractivity contribution in [3.63, 3.8) is 0 Å². The Morgan fingerprint density at radius 3 is 2.02 bits per heavy atom. The molecule has 4 saturated carbocycles. The van der Waals surface area contributed by atoms with Crippen LogP contribution in [0.15, 0.2) is 140 Å². The van der Waals surface area contributed by atoms with Crippen molar-refractivity contribution in [2.75, 3.05) is 0 Å². The fraction of sp³-hybridized carbons (Fsp3) is 0.174. The summed E-state index contributed by atoms with van der Waals surface area (Å²) in [6.07, 6.45) is 4.37. The average Bonchev–Trinajstić information content (AvgIpc) is 3.97. The third-order valence-corrected chi connectivity index (χ3v) is 13.1. The van der Waals surface area contributed by atoms with Gasteiger partial charge in [-0.2, -0.15) is 0 Å². The van der Waals surface area contributed by atoms with Gasteiger partial charge in [-0.3, -0.25) is 0 Å². The van der Waals surface area contributed by atoms with E-state index < -0.39 is 0 Å². The van der Waals surface area contributed by atoms with E-state index in [1.165, 1.54) is 90.6 Å². The molecule has 47 heavy (non-hydrogen) atoms. The number of hydrogen-bond acceptors (Lipinski definition) is 0. The molecule has 5 aliphatic carbocycles. The van der Waals surface area contributed by atoms with Crippen LogP contribution in [0.1, 0.15) is 30.4 Å². The first-order valence-electron chi connectivity index (χ1n) is 17.5. The van der Waals surface area contributed by atoms with E-state index in [4.69, 9.17) is 0 Å². The lowest BCUT2D eigenvalue weighted by Crippen LogP contribution is -2.34. The van der Waals surface area contributed by atoms with E-state index >= 15 is 0 Å². The van der Waals surface area contributed by atoms with Crippen molar-refractivity contribution in [2.24, 2.45) is 23.7 Å². The molecule has 13 rings (SSSR count). The molecule has 1 spiro atoms. The standard InChI is InChI=1S/C46H33N/c1-2-8-34-27(7-1)13-14-30-22-33(17-18-35(30)34)47-44-12-6-4-10-37(44)39-24-29(16-20-45(39)47)28-15-19-41-38(23-28)36-9-3-5-11-40(36)46(41)42-25-31-21-32(42)26-43(31)46/h1-20,22-24,31-32,42-43H,21,25-26H2. The van der Waals surface area contributed by atoms with Crippen LogP contribution in [0, 0.1) is 23.7 Å². The van der Waals surface area contributed by atoms with Gasteiger partial charge in [-0.25, -0.2) is 0 Å². The summed E-state index contributed by atoms with van der Waals surface area (Å²) in [5, 5.41) is 7.78. The van der Waals surface area contributed by atoms with E-state index in [0.29, 0.717) is 0 Å². The Morgan fingerprint density at radius 1 is 0.447 bits per heavy atom. The summed E-state index contributed by atoms with van der Waals surface area (Å²) in [4.78, 5) is 0. The predicted molar refractivity (Wildman–Crippen MR) is 195 cm³/mol. The number of nitrogens with zero attached hydrogens (tertiary/aromatic N) is 1. The Morgan fingerprint density at radius 2 is 1.13 bits per heavy atom. The fourth-order valence-electron chi connectivity index (χ4n) is 11.6. The lowest BCUT2D eigenvalue weighted by Gasteiger charge is -2.36. The summed E-state index contributed by atoms with van der Waals surface area (Å²) in [6.45, 7) is 0. The van der Waals surface area contributed by atoms with E-state index in [1.807, 2.05) is 0 Å². The molecule has 1 heteroatoms. The molecule has 0 radical (unpaired) electrons. The fourth-order valence-corrected chi connectivity index (χ4v) is 11.6. The Bertz CT molecular complexity index is 2640. The van der Waals surface area contributed by atoms with E-state index in [-0.39, 0.29) is 5.41 Å². The molecule has 0 aliphatic heterocycles. The summed E-state index contributed by atoms with van der Waals surface area (Å²) in [7, 11) is 0. The molecule has 4 fully saturated rings. The predicted octanol–water partition coefficient (Wildman–Crippen LogP) is 11.7. The summed E-state index contributed by atoms with van der Waals surface area (Å²) in [5.74, 6) is 3.54. The largest absolute Gasteiger partial charge is 0.309 e. The minimum absolute atomic E-state index is 0.265. The smallest absolute Gasteiger partial charge is 0.0541 e. The van der Waals surface area contributed by atoms with Gasteiger partial charge in [-0.1, -0.05) is 103 Å². The van der Waals surface area contributed by atoms with Crippen LogP contribution in [0.3, 0.4) is 0 Å². The molecule has 8 aromatic rings. The zero-order valence-corrected chi connectivity index (χ0v) is 26.2. The summed E-state index contributed by atoms with van der Waals surface area (Å²) in [5.41, 5.74) is 12.8. The lowest BCUT2D eigenvalue weighted by atomic mass is 9.66. The van der Waals surface area contributed by atoms with Gasteiger partial charge in [0.1, 0.15) is 0 Å². The zero-order chi connectivity index (χ0) is 30.4. The van der Waals surface area contributed by atoms with Crippen LogP contribution >= 0.6 is 0 Å². The molecule has 0 N–H and O–H groups in total. The van der Waals surface area contributed by atoms with Gasteiger partial charge >= 0.3 is 0 Å². The number of fused-ring (bicyclic) bond motifs is 9. The molecule has 0 amide bonds. The minimum Gasteiger partial charge on any atom is -0.309 e. The second-order valence-corrected chi connectivity index (χ2v) is 14.9. The van der Waals surface area contributed by atoms with Gasteiger partial charge in [-0.15, -0.1) is 0 Å². The molecular formula is C46H33N. The highest BCUT2D eigenvalue weighted by Crippen LogP contribution is 2.76. The Labute approximate surface area is 274 Å². The van der Waals surface area contributed by atoms with Crippen molar-refractivity contribution in [2.45, 2.75) is 24.7 Å². The van der Waals surface area contributed by atoms with E-state index in [2.05, 4.69) is 144 Å². The third kappa shape index (κ3) is 2.98. The van der Waals surface area contributed by atoms with Gasteiger partial charge < -0.3 is 4.57 Å². The summed E-state index contributed by atoms with van der Waals surface area (Å²) >= 11 is 0. The van der Waals surface area contributed by atoms with E-state index in [9.17, 15) is 0 Å². The number of para-hydroxylation sites is 1. The van der Waals surface area contributed by atoms with Crippen LogP contribution in [0.5, 0.6) is 0 Å². The molecule has 4 atom stereocenters. The zero-order valence-electron chi connectivity index (χ0n) is 26.2. The van der Waals surface area contributed by atoms with Crippen LogP contribution in [0.25, 0.3) is 71.3 Å². The van der Waals surface area contributed by atoms with Crippen molar-refractivity contribution in [1.82, 2.24) is 4.57 Å². The maximum atomic E-state index is 2.53. The maximum Gasteiger partial charge on any atom is 0.0541 e. The number of benzene rings is 7. The van der Waals surface area contributed by atoms with Crippen LogP contribution in [-0.2, 0) is 5.41 Å². The van der Waals surface area contributed by atoms with Gasteiger partial charge in [0.25, 0.3) is 0 Å². The first-order chi connectivity index (χ1) is 23.3. The summed E-state index contributed by atoms with van der Waals surface area (Å²) in [6, 6.07) is 53.1. The van der Waals surface area contributed by atoms with Gasteiger partial charge in [0.05, 0.1) is 11.0 Å². The first kappa shape index (κ1) is 25.0. The second kappa shape index (κ2) is 8.60. The van der Waals surface area contributed by atoms with E-state index in [0.717, 1.165) is 23.7 Å². The normalized spacial score (nSPS) is 24.9. The van der Waals surface area contributed by atoms with Crippen LogP contribution in [0.2, 0.25) is 0 Å². The van der Waals surface area contributed by atoms with Gasteiger partial charge in [0.15, 0.2) is 0 Å². The highest BCUT2D eigenvalue weighted by molar-refractivity contribution is 6.12. The van der Waals surface area contributed by atoms with Crippen LogP contribution < -0.4 is 0 Å². The van der Waals surface area contributed by atoms with Crippen LogP contribution in [-0.4, -0.2) is 4.57 Å². The Kier molecular flexibility index (Phi) is 4.58. The van der Waals surface area contributed by atoms with Gasteiger partial charge in [0, 0.05) is 21.9 Å². The SMILES string of the molecule is c1ccc2c(c1)-c1cc(-c3ccc4c(c3)c3ccccc3n4-c3ccc4c(ccc5ccccc54)c3)ccc1C21C2CC3CC2CC31. The van der Waals surface area contributed by atoms with E-state index in [1.54, 1.807) is 11.1 Å². The topological polar surface area (TPSA) is 4.93 Å². The summed E-state index contributed by atoms with van der Waals surface area (Å²) < 4.78 is 2.45.